The summed E-state index contributed by atoms with van der Waals surface area (Å²) in [6.45, 7) is 2.18. The molecule has 3 rings (SSSR count). The molecular weight excluding hydrogens is 372 g/mol. The number of benzene rings is 3. The third-order valence-corrected chi connectivity index (χ3v) is 4.91. The van der Waals surface area contributed by atoms with Crippen molar-refractivity contribution in [3.05, 3.63) is 101 Å². The van der Waals surface area contributed by atoms with Gasteiger partial charge < -0.3 is 10.6 Å². The van der Waals surface area contributed by atoms with Crippen molar-refractivity contribution < 1.29 is 9.59 Å². The first kappa shape index (κ1) is 19.6. The molecule has 0 aliphatic heterocycles. The van der Waals surface area contributed by atoms with Gasteiger partial charge in [-0.3, -0.25) is 9.59 Å². The maximum Gasteiger partial charge on any atom is 0.313 e. The number of carbonyl (C=O) groups is 2. The molecule has 0 bridgehead atoms. The van der Waals surface area contributed by atoms with Gasteiger partial charge in [-0.05, 0) is 35.7 Å². The van der Waals surface area contributed by atoms with E-state index in [1.165, 1.54) is 0 Å². The van der Waals surface area contributed by atoms with Crippen LogP contribution in [0.5, 0.6) is 0 Å². The highest BCUT2D eigenvalue weighted by atomic mass is 35.5. The van der Waals surface area contributed by atoms with Crippen LogP contribution in [0.25, 0.3) is 0 Å². The number of amides is 2. The molecule has 0 saturated heterocycles. The SMILES string of the molecule is Cc1ccc(NC(=O)C(=O)NCC(c2ccccc2)c2ccccc2)cc1Cl. The van der Waals surface area contributed by atoms with Crippen LogP contribution in [0.1, 0.15) is 22.6 Å². The Bertz CT molecular complexity index is 919. The van der Waals surface area contributed by atoms with Crippen molar-refractivity contribution in [3.63, 3.8) is 0 Å². The van der Waals surface area contributed by atoms with E-state index in [-0.39, 0.29) is 5.92 Å². The van der Waals surface area contributed by atoms with E-state index in [0.717, 1.165) is 16.7 Å². The van der Waals surface area contributed by atoms with Crippen LogP contribution in [0.15, 0.2) is 78.9 Å². The lowest BCUT2D eigenvalue weighted by Crippen LogP contribution is -2.37. The van der Waals surface area contributed by atoms with Gasteiger partial charge in [0, 0.05) is 23.2 Å². The van der Waals surface area contributed by atoms with Gasteiger partial charge in [-0.25, -0.2) is 0 Å². The number of nitrogens with one attached hydrogen (secondary N) is 2. The lowest BCUT2D eigenvalue weighted by atomic mass is 9.91. The first-order chi connectivity index (χ1) is 13.5. The first-order valence-corrected chi connectivity index (χ1v) is 9.37. The van der Waals surface area contributed by atoms with E-state index in [1.807, 2.05) is 67.6 Å². The number of hydrogen-bond donors (Lipinski definition) is 2. The molecule has 0 radical (unpaired) electrons. The van der Waals surface area contributed by atoms with Gasteiger partial charge >= 0.3 is 11.8 Å². The smallest absolute Gasteiger partial charge is 0.313 e. The monoisotopic (exact) mass is 392 g/mol. The number of aryl methyl sites for hydroxylation is 1. The molecule has 5 heteroatoms. The van der Waals surface area contributed by atoms with E-state index >= 15 is 0 Å². The van der Waals surface area contributed by atoms with Crippen molar-refractivity contribution in [2.45, 2.75) is 12.8 Å². The summed E-state index contributed by atoms with van der Waals surface area (Å²) < 4.78 is 0. The summed E-state index contributed by atoms with van der Waals surface area (Å²) in [5.41, 5.74) is 3.52. The zero-order valence-corrected chi connectivity index (χ0v) is 16.2. The molecule has 142 valence electrons. The van der Waals surface area contributed by atoms with Gasteiger partial charge in [0.05, 0.1) is 0 Å². The predicted molar refractivity (Wildman–Crippen MR) is 113 cm³/mol. The molecular formula is C23H21ClN2O2. The second kappa shape index (κ2) is 9.20. The van der Waals surface area contributed by atoms with Crippen LogP contribution < -0.4 is 10.6 Å². The van der Waals surface area contributed by atoms with Gasteiger partial charge in [0.1, 0.15) is 0 Å². The van der Waals surface area contributed by atoms with E-state index in [4.69, 9.17) is 11.6 Å². The Balaban J connectivity index is 1.68. The van der Waals surface area contributed by atoms with Gasteiger partial charge in [-0.2, -0.15) is 0 Å². The maximum atomic E-state index is 12.3. The average molecular weight is 393 g/mol. The minimum Gasteiger partial charge on any atom is -0.347 e. The molecule has 28 heavy (non-hydrogen) atoms. The highest BCUT2D eigenvalue weighted by Crippen LogP contribution is 2.24. The zero-order chi connectivity index (χ0) is 19.9. The van der Waals surface area contributed by atoms with E-state index in [9.17, 15) is 9.59 Å². The van der Waals surface area contributed by atoms with E-state index in [1.54, 1.807) is 18.2 Å². The van der Waals surface area contributed by atoms with Gasteiger partial charge in [0.25, 0.3) is 0 Å². The molecule has 0 unspecified atom stereocenters. The van der Waals surface area contributed by atoms with Gasteiger partial charge in [0.2, 0.25) is 0 Å². The lowest BCUT2D eigenvalue weighted by molar-refractivity contribution is -0.136. The highest BCUT2D eigenvalue weighted by Gasteiger charge is 2.19. The molecule has 0 aromatic heterocycles. The molecule has 0 saturated carbocycles. The van der Waals surface area contributed by atoms with Crippen molar-refractivity contribution in [1.29, 1.82) is 0 Å². The second-order valence-electron chi connectivity index (χ2n) is 6.50. The van der Waals surface area contributed by atoms with Crippen LogP contribution in [0.4, 0.5) is 5.69 Å². The van der Waals surface area contributed by atoms with Crippen LogP contribution in [0.3, 0.4) is 0 Å². The van der Waals surface area contributed by atoms with Crippen molar-refractivity contribution >= 4 is 29.1 Å². The van der Waals surface area contributed by atoms with Crippen LogP contribution in [0.2, 0.25) is 5.02 Å². The van der Waals surface area contributed by atoms with Crippen LogP contribution in [-0.4, -0.2) is 18.4 Å². The number of hydrogen-bond acceptors (Lipinski definition) is 2. The Morgan fingerprint density at radius 2 is 1.43 bits per heavy atom. The summed E-state index contributed by atoms with van der Waals surface area (Å²) in [7, 11) is 0. The molecule has 2 N–H and O–H groups in total. The number of halogens is 1. The Labute approximate surface area is 169 Å². The van der Waals surface area contributed by atoms with Crippen LogP contribution in [-0.2, 0) is 9.59 Å². The van der Waals surface area contributed by atoms with Gasteiger partial charge in [-0.15, -0.1) is 0 Å². The Morgan fingerprint density at radius 3 is 1.96 bits per heavy atom. The zero-order valence-electron chi connectivity index (χ0n) is 15.5. The Hall–Kier alpha value is -3.11. The summed E-state index contributed by atoms with van der Waals surface area (Å²) >= 11 is 6.06. The number of carbonyl (C=O) groups excluding carboxylic acids is 2. The van der Waals surface area contributed by atoms with Crippen molar-refractivity contribution in [1.82, 2.24) is 5.32 Å². The summed E-state index contributed by atoms with van der Waals surface area (Å²) in [4.78, 5) is 24.5. The second-order valence-corrected chi connectivity index (χ2v) is 6.91. The number of rotatable bonds is 5. The average Bonchev–Trinajstić information content (AvgIpc) is 2.72. The fraction of sp³-hybridized carbons (Fsp3) is 0.130. The van der Waals surface area contributed by atoms with Crippen molar-refractivity contribution in [2.75, 3.05) is 11.9 Å². The minimum absolute atomic E-state index is 0.0482. The summed E-state index contributed by atoms with van der Waals surface area (Å²) in [6.07, 6.45) is 0. The molecule has 4 nitrogen and oxygen atoms in total. The Kier molecular flexibility index (Phi) is 6.45. The Morgan fingerprint density at radius 1 is 0.857 bits per heavy atom. The summed E-state index contributed by atoms with van der Waals surface area (Å²) in [6, 6.07) is 24.9. The molecule has 3 aromatic carbocycles. The summed E-state index contributed by atoms with van der Waals surface area (Å²) in [5, 5.41) is 5.85. The molecule has 0 heterocycles. The third-order valence-electron chi connectivity index (χ3n) is 4.51. The molecule has 0 spiro atoms. The minimum atomic E-state index is -0.722. The fourth-order valence-electron chi connectivity index (χ4n) is 2.93. The quantitative estimate of drug-likeness (QED) is 0.626. The van der Waals surface area contributed by atoms with Crippen molar-refractivity contribution in [2.24, 2.45) is 0 Å². The standard InChI is InChI=1S/C23H21ClN2O2/c1-16-12-13-19(14-21(16)24)26-23(28)22(27)25-15-20(17-8-4-2-5-9-17)18-10-6-3-7-11-18/h2-14,20H,15H2,1H3,(H,25,27)(H,26,28). The molecule has 0 aliphatic carbocycles. The van der Waals surface area contributed by atoms with Gasteiger partial charge in [-0.1, -0.05) is 78.3 Å². The van der Waals surface area contributed by atoms with Crippen LogP contribution in [0, 0.1) is 6.92 Å². The maximum absolute atomic E-state index is 12.3. The third kappa shape index (κ3) is 4.99. The largest absolute Gasteiger partial charge is 0.347 e. The predicted octanol–water partition coefficient (Wildman–Crippen LogP) is 4.54. The van der Waals surface area contributed by atoms with E-state index in [2.05, 4.69) is 10.6 Å². The molecule has 2 amide bonds. The van der Waals surface area contributed by atoms with Crippen molar-refractivity contribution in [3.8, 4) is 0 Å². The molecule has 3 aromatic rings. The fourth-order valence-corrected chi connectivity index (χ4v) is 3.11. The molecule has 0 fully saturated rings. The van der Waals surface area contributed by atoms with E-state index in [0.29, 0.717) is 17.3 Å². The molecule has 0 atom stereocenters. The van der Waals surface area contributed by atoms with E-state index < -0.39 is 11.8 Å². The normalized spacial score (nSPS) is 10.5. The topological polar surface area (TPSA) is 58.2 Å². The summed E-state index contributed by atoms with van der Waals surface area (Å²) in [5.74, 6) is -1.46. The number of anilines is 1. The van der Waals surface area contributed by atoms with Crippen LogP contribution >= 0.6 is 11.6 Å². The highest BCUT2D eigenvalue weighted by molar-refractivity contribution is 6.39. The molecule has 0 aliphatic rings. The lowest BCUT2D eigenvalue weighted by Gasteiger charge is -2.18. The van der Waals surface area contributed by atoms with Gasteiger partial charge in [0.15, 0.2) is 0 Å². The first-order valence-electron chi connectivity index (χ1n) is 9.00.